The molecule has 0 aromatic carbocycles. The van der Waals surface area contributed by atoms with Crippen molar-refractivity contribution in [2.24, 2.45) is 5.41 Å². The topological polar surface area (TPSA) is 29.1 Å². The number of unbranched alkanes of at least 4 members (excludes halogenated alkanes) is 1. The SMILES string of the molecule is C=C(C(=O)NCC(C)(CC)CCCC)C(F)(F)F. The summed E-state index contributed by atoms with van der Waals surface area (Å²) in [6, 6.07) is 0. The van der Waals surface area contributed by atoms with E-state index in [1.54, 1.807) is 0 Å². The van der Waals surface area contributed by atoms with E-state index in [0.29, 0.717) is 0 Å². The van der Waals surface area contributed by atoms with E-state index in [1.807, 2.05) is 13.8 Å². The second kappa shape index (κ2) is 6.81. The number of hydrogen-bond donors (Lipinski definition) is 1. The molecule has 2 nitrogen and oxygen atoms in total. The molecule has 0 rings (SSSR count). The Morgan fingerprint density at radius 1 is 1.28 bits per heavy atom. The molecule has 0 aromatic rings. The third-order valence-electron chi connectivity index (χ3n) is 3.28. The number of nitrogens with one attached hydrogen (secondary N) is 1. The molecule has 1 unspecified atom stereocenters. The van der Waals surface area contributed by atoms with Crippen LogP contribution in [0, 0.1) is 5.41 Å². The first kappa shape index (κ1) is 17.0. The van der Waals surface area contributed by atoms with Crippen LogP contribution in [0.3, 0.4) is 0 Å². The smallest absolute Gasteiger partial charge is 0.352 e. The Kier molecular flexibility index (Phi) is 6.43. The Labute approximate surface area is 107 Å². The van der Waals surface area contributed by atoms with Gasteiger partial charge in [-0.2, -0.15) is 13.2 Å². The Hall–Kier alpha value is -1.00. The predicted molar refractivity (Wildman–Crippen MR) is 66.1 cm³/mol. The monoisotopic (exact) mass is 265 g/mol. The first-order valence-corrected chi connectivity index (χ1v) is 6.20. The van der Waals surface area contributed by atoms with E-state index in [9.17, 15) is 18.0 Å². The van der Waals surface area contributed by atoms with Crippen molar-refractivity contribution >= 4 is 5.91 Å². The highest BCUT2D eigenvalue weighted by molar-refractivity contribution is 5.94. The average molecular weight is 265 g/mol. The van der Waals surface area contributed by atoms with Gasteiger partial charge in [0.2, 0.25) is 0 Å². The molecule has 5 heteroatoms. The molecule has 0 saturated heterocycles. The van der Waals surface area contributed by atoms with Crippen molar-refractivity contribution in [1.29, 1.82) is 0 Å². The molecule has 0 heterocycles. The molecule has 106 valence electrons. The van der Waals surface area contributed by atoms with Crippen LogP contribution in [-0.2, 0) is 4.79 Å². The largest absolute Gasteiger partial charge is 0.421 e. The molecule has 0 fully saturated rings. The van der Waals surface area contributed by atoms with Crippen LogP contribution >= 0.6 is 0 Å². The average Bonchev–Trinajstić information content (AvgIpc) is 2.31. The molecule has 1 N–H and O–H groups in total. The lowest BCUT2D eigenvalue weighted by Gasteiger charge is -2.28. The lowest BCUT2D eigenvalue weighted by molar-refractivity contribution is -0.131. The highest BCUT2D eigenvalue weighted by Gasteiger charge is 2.37. The van der Waals surface area contributed by atoms with Gasteiger partial charge in [0.05, 0.1) is 0 Å². The summed E-state index contributed by atoms with van der Waals surface area (Å²) in [5.74, 6) is -1.13. The minimum absolute atomic E-state index is 0.155. The summed E-state index contributed by atoms with van der Waals surface area (Å²) in [5.41, 5.74) is -1.49. The number of halogens is 3. The maximum atomic E-state index is 12.2. The van der Waals surface area contributed by atoms with Gasteiger partial charge in [0.25, 0.3) is 5.91 Å². The van der Waals surface area contributed by atoms with Gasteiger partial charge < -0.3 is 5.32 Å². The normalized spacial score (nSPS) is 15.0. The van der Waals surface area contributed by atoms with Crippen molar-refractivity contribution in [3.05, 3.63) is 12.2 Å². The lowest BCUT2D eigenvalue weighted by Crippen LogP contribution is -2.38. The van der Waals surface area contributed by atoms with Crippen molar-refractivity contribution in [1.82, 2.24) is 5.32 Å². The summed E-state index contributed by atoms with van der Waals surface area (Å²) in [7, 11) is 0. The van der Waals surface area contributed by atoms with E-state index in [-0.39, 0.29) is 12.0 Å². The molecule has 0 bridgehead atoms. The molecule has 0 aromatic heterocycles. The van der Waals surface area contributed by atoms with Gasteiger partial charge in [0, 0.05) is 6.54 Å². The maximum absolute atomic E-state index is 12.2. The van der Waals surface area contributed by atoms with E-state index < -0.39 is 17.7 Å². The first-order chi connectivity index (χ1) is 8.16. The Morgan fingerprint density at radius 3 is 2.22 bits per heavy atom. The zero-order chi connectivity index (χ0) is 14.4. The zero-order valence-electron chi connectivity index (χ0n) is 11.3. The first-order valence-electron chi connectivity index (χ1n) is 6.20. The van der Waals surface area contributed by atoms with Crippen LogP contribution < -0.4 is 5.32 Å². The standard InChI is InChI=1S/C13H22F3NO/c1-5-7-8-12(4,6-2)9-17-11(18)10(3)13(14,15)16/h3,5-9H2,1-2,4H3,(H,17,18). The molecule has 1 atom stereocenters. The van der Waals surface area contributed by atoms with Crippen molar-refractivity contribution < 1.29 is 18.0 Å². The van der Waals surface area contributed by atoms with Crippen molar-refractivity contribution in [2.75, 3.05) is 6.54 Å². The Morgan fingerprint density at radius 2 is 1.83 bits per heavy atom. The minimum atomic E-state index is -4.66. The van der Waals surface area contributed by atoms with Crippen LogP contribution in [0.2, 0.25) is 0 Å². The third-order valence-corrected chi connectivity index (χ3v) is 3.28. The summed E-state index contributed by atoms with van der Waals surface area (Å²) in [4.78, 5) is 11.3. The van der Waals surface area contributed by atoms with E-state index in [4.69, 9.17) is 0 Å². The molecule has 0 spiro atoms. The van der Waals surface area contributed by atoms with Crippen molar-refractivity contribution in [2.45, 2.75) is 52.6 Å². The van der Waals surface area contributed by atoms with E-state index in [0.717, 1.165) is 25.7 Å². The summed E-state index contributed by atoms with van der Waals surface area (Å²) >= 11 is 0. The van der Waals surface area contributed by atoms with Gasteiger partial charge in [-0.3, -0.25) is 4.79 Å². The van der Waals surface area contributed by atoms with Crippen LogP contribution in [0.25, 0.3) is 0 Å². The van der Waals surface area contributed by atoms with Crippen LogP contribution in [0.1, 0.15) is 46.5 Å². The van der Waals surface area contributed by atoms with E-state index in [1.165, 1.54) is 0 Å². The molecule has 0 radical (unpaired) electrons. The number of hydrogen-bond acceptors (Lipinski definition) is 1. The van der Waals surface area contributed by atoms with E-state index in [2.05, 4.69) is 18.8 Å². The second-order valence-electron chi connectivity index (χ2n) is 4.93. The lowest BCUT2D eigenvalue weighted by atomic mass is 9.82. The summed E-state index contributed by atoms with van der Waals surface area (Å²) in [6.07, 6.45) is -0.931. The number of rotatable bonds is 7. The van der Waals surface area contributed by atoms with Gasteiger partial charge in [-0.05, 0) is 18.3 Å². The zero-order valence-corrected chi connectivity index (χ0v) is 11.3. The Bertz CT molecular complexity index is 299. The van der Waals surface area contributed by atoms with Gasteiger partial charge in [0.1, 0.15) is 5.57 Å². The van der Waals surface area contributed by atoms with Gasteiger partial charge in [0.15, 0.2) is 0 Å². The van der Waals surface area contributed by atoms with Crippen LogP contribution in [0.5, 0.6) is 0 Å². The van der Waals surface area contributed by atoms with Crippen molar-refractivity contribution in [3.63, 3.8) is 0 Å². The number of carbonyl (C=O) groups is 1. The van der Waals surface area contributed by atoms with Gasteiger partial charge >= 0.3 is 6.18 Å². The van der Waals surface area contributed by atoms with Crippen LogP contribution in [0.15, 0.2) is 12.2 Å². The maximum Gasteiger partial charge on any atom is 0.421 e. The number of carbonyl (C=O) groups excluding carboxylic acids is 1. The molecule has 18 heavy (non-hydrogen) atoms. The molecular weight excluding hydrogens is 243 g/mol. The fraction of sp³-hybridized carbons (Fsp3) is 0.769. The summed E-state index contributed by atoms with van der Waals surface area (Å²) in [5, 5.41) is 2.33. The van der Waals surface area contributed by atoms with Crippen LogP contribution in [-0.4, -0.2) is 18.6 Å². The highest BCUT2D eigenvalue weighted by atomic mass is 19.4. The molecule has 0 aliphatic carbocycles. The second-order valence-corrected chi connectivity index (χ2v) is 4.93. The van der Waals surface area contributed by atoms with Gasteiger partial charge in [-0.15, -0.1) is 0 Å². The Balaban J connectivity index is 4.37. The number of alkyl halides is 3. The quantitative estimate of drug-likeness (QED) is 0.696. The molecule has 1 amide bonds. The van der Waals surface area contributed by atoms with Crippen LogP contribution in [0.4, 0.5) is 13.2 Å². The van der Waals surface area contributed by atoms with Gasteiger partial charge in [-0.1, -0.05) is 40.2 Å². The summed E-state index contributed by atoms with van der Waals surface area (Å²) in [6.45, 7) is 9.02. The fourth-order valence-electron chi connectivity index (χ4n) is 1.52. The highest BCUT2D eigenvalue weighted by Crippen LogP contribution is 2.28. The molecular formula is C13H22F3NO. The van der Waals surface area contributed by atoms with Crippen molar-refractivity contribution in [3.8, 4) is 0 Å². The van der Waals surface area contributed by atoms with E-state index >= 15 is 0 Å². The predicted octanol–water partition coefficient (Wildman–Crippen LogP) is 3.83. The number of amides is 1. The minimum Gasteiger partial charge on any atom is -0.352 e. The third kappa shape index (κ3) is 5.56. The molecule has 0 aliphatic heterocycles. The fourth-order valence-corrected chi connectivity index (χ4v) is 1.52. The summed E-state index contributed by atoms with van der Waals surface area (Å²) < 4.78 is 36.7. The van der Waals surface area contributed by atoms with Gasteiger partial charge in [-0.25, -0.2) is 0 Å². The molecule has 0 saturated carbocycles. The molecule has 0 aliphatic rings.